The molecule has 0 aliphatic heterocycles. The predicted octanol–water partition coefficient (Wildman–Crippen LogP) is 3.84. The van der Waals surface area contributed by atoms with Crippen LogP contribution in [0.1, 0.15) is 54.7 Å². The van der Waals surface area contributed by atoms with Crippen molar-refractivity contribution >= 4 is 0 Å². The summed E-state index contributed by atoms with van der Waals surface area (Å²) in [5, 5.41) is 8.05. The zero-order chi connectivity index (χ0) is 14.7. The Balaban J connectivity index is 2.14. The molecule has 108 valence electrons. The minimum Gasteiger partial charge on any atom is -0.303 e. The molecule has 20 heavy (non-hydrogen) atoms. The van der Waals surface area contributed by atoms with E-state index in [0.717, 1.165) is 6.42 Å². The van der Waals surface area contributed by atoms with Gasteiger partial charge in [-0.2, -0.15) is 5.10 Å². The van der Waals surface area contributed by atoms with E-state index < -0.39 is 0 Å². The number of aromatic nitrogens is 2. The van der Waals surface area contributed by atoms with Crippen LogP contribution < -0.4 is 5.32 Å². The lowest BCUT2D eigenvalue weighted by Gasteiger charge is -2.23. The van der Waals surface area contributed by atoms with Crippen molar-refractivity contribution in [2.24, 2.45) is 7.05 Å². The van der Waals surface area contributed by atoms with E-state index in [2.05, 4.69) is 62.4 Å². The van der Waals surface area contributed by atoms with Gasteiger partial charge in [0.25, 0.3) is 0 Å². The van der Waals surface area contributed by atoms with Crippen LogP contribution in [0.15, 0.2) is 30.5 Å². The third kappa shape index (κ3) is 3.10. The largest absolute Gasteiger partial charge is 0.303 e. The Hall–Kier alpha value is -1.61. The molecular weight excluding hydrogens is 246 g/mol. The molecule has 0 saturated carbocycles. The van der Waals surface area contributed by atoms with Crippen LogP contribution in [0, 0.1) is 13.8 Å². The van der Waals surface area contributed by atoms with Crippen LogP contribution in [0.25, 0.3) is 0 Å². The Morgan fingerprint density at radius 3 is 2.35 bits per heavy atom. The van der Waals surface area contributed by atoms with E-state index >= 15 is 0 Å². The molecule has 0 amide bonds. The Morgan fingerprint density at radius 1 is 1.20 bits per heavy atom. The van der Waals surface area contributed by atoms with Crippen LogP contribution in [0.5, 0.6) is 0 Å². The van der Waals surface area contributed by atoms with Crippen molar-refractivity contribution in [3.63, 3.8) is 0 Å². The molecule has 2 atom stereocenters. The average Bonchev–Trinajstić information content (AvgIpc) is 2.77. The molecule has 1 aromatic heterocycles. The summed E-state index contributed by atoms with van der Waals surface area (Å²) in [6, 6.07) is 9.48. The van der Waals surface area contributed by atoms with Gasteiger partial charge in [0.05, 0.1) is 6.20 Å². The average molecular weight is 271 g/mol. The van der Waals surface area contributed by atoms with Crippen molar-refractivity contribution in [1.82, 2.24) is 15.1 Å². The summed E-state index contributed by atoms with van der Waals surface area (Å²) in [5.41, 5.74) is 5.16. The highest BCUT2D eigenvalue weighted by atomic mass is 15.3. The molecule has 0 radical (unpaired) electrons. The predicted molar refractivity (Wildman–Crippen MR) is 83.7 cm³/mol. The number of hydrogen-bond acceptors (Lipinski definition) is 2. The van der Waals surface area contributed by atoms with Gasteiger partial charge in [0, 0.05) is 30.4 Å². The maximum absolute atomic E-state index is 4.33. The first-order chi connectivity index (χ1) is 9.52. The molecule has 2 rings (SSSR count). The van der Waals surface area contributed by atoms with E-state index in [1.165, 1.54) is 22.4 Å². The van der Waals surface area contributed by atoms with Gasteiger partial charge in [0.15, 0.2) is 0 Å². The Morgan fingerprint density at radius 2 is 1.85 bits per heavy atom. The van der Waals surface area contributed by atoms with E-state index in [4.69, 9.17) is 0 Å². The molecule has 2 unspecified atom stereocenters. The SMILES string of the molecule is CCC(NC(C)c1cnn(C)c1C)c1ccc(C)cc1. The van der Waals surface area contributed by atoms with E-state index in [9.17, 15) is 0 Å². The van der Waals surface area contributed by atoms with Crippen LogP contribution in [-0.4, -0.2) is 9.78 Å². The fourth-order valence-corrected chi connectivity index (χ4v) is 2.58. The molecule has 1 N–H and O–H groups in total. The Kier molecular flexibility index (Phi) is 4.61. The molecule has 3 heteroatoms. The maximum atomic E-state index is 4.33. The fraction of sp³-hybridized carbons (Fsp3) is 0.471. The molecule has 0 saturated heterocycles. The zero-order valence-corrected chi connectivity index (χ0v) is 13.1. The van der Waals surface area contributed by atoms with Gasteiger partial charge in [-0.15, -0.1) is 0 Å². The van der Waals surface area contributed by atoms with Crippen molar-refractivity contribution in [1.29, 1.82) is 0 Å². The molecule has 3 nitrogen and oxygen atoms in total. The summed E-state index contributed by atoms with van der Waals surface area (Å²) in [7, 11) is 1.99. The van der Waals surface area contributed by atoms with Crippen molar-refractivity contribution in [2.75, 3.05) is 0 Å². The lowest BCUT2D eigenvalue weighted by molar-refractivity contribution is 0.455. The minimum atomic E-state index is 0.301. The standard InChI is InChI=1S/C17H25N3/c1-6-17(15-9-7-12(2)8-10-15)19-13(3)16-11-18-20(5)14(16)4/h7-11,13,17,19H,6H2,1-5H3. The van der Waals surface area contributed by atoms with Crippen LogP contribution in [-0.2, 0) is 7.05 Å². The van der Waals surface area contributed by atoms with Gasteiger partial charge in [0.2, 0.25) is 0 Å². The fourth-order valence-electron chi connectivity index (χ4n) is 2.58. The molecule has 0 bridgehead atoms. The first-order valence-electron chi connectivity index (χ1n) is 7.34. The maximum Gasteiger partial charge on any atom is 0.0540 e. The number of nitrogens with one attached hydrogen (secondary N) is 1. The zero-order valence-electron chi connectivity index (χ0n) is 13.1. The summed E-state index contributed by atoms with van der Waals surface area (Å²) < 4.78 is 1.93. The van der Waals surface area contributed by atoms with Gasteiger partial charge in [-0.3, -0.25) is 4.68 Å². The molecular formula is C17H25N3. The van der Waals surface area contributed by atoms with Crippen molar-refractivity contribution in [2.45, 2.75) is 46.2 Å². The van der Waals surface area contributed by atoms with Crippen molar-refractivity contribution in [3.05, 3.63) is 52.8 Å². The highest BCUT2D eigenvalue weighted by Gasteiger charge is 2.16. The molecule has 0 fully saturated rings. The smallest absolute Gasteiger partial charge is 0.0540 e. The summed E-state index contributed by atoms with van der Waals surface area (Å²) in [6.45, 7) is 8.67. The monoisotopic (exact) mass is 271 g/mol. The number of hydrogen-bond donors (Lipinski definition) is 1. The highest BCUT2D eigenvalue weighted by molar-refractivity contribution is 5.25. The lowest BCUT2D eigenvalue weighted by Crippen LogP contribution is -2.24. The Labute approximate surface area is 122 Å². The molecule has 1 heterocycles. The molecule has 0 spiro atoms. The third-order valence-corrected chi connectivity index (χ3v) is 4.08. The first kappa shape index (κ1) is 14.8. The van der Waals surface area contributed by atoms with E-state index in [-0.39, 0.29) is 0 Å². The van der Waals surface area contributed by atoms with Gasteiger partial charge >= 0.3 is 0 Å². The Bertz CT molecular complexity index is 554. The van der Waals surface area contributed by atoms with Gasteiger partial charge in [-0.25, -0.2) is 0 Å². The molecule has 2 aromatic rings. The van der Waals surface area contributed by atoms with Gasteiger partial charge < -0.3 is 5.32 Å². The third-order valence-electron chi connectivity index (χ3n) is 4.08. The number of benzene rings is 1. The normalized spacial score (nSPS) is 14.2. The topological polar surface area (TPSA) is 29.9 Å². The summed E-state index contributed by atoms with van der Waals surface area (Å²) in [4.78, 5) is 0. The minimum absolute atomic E-state index is 0.301. The summed E-state index contributed by atoms with van der Waals surface area (Å²) in [5.74, 6) is 0. The van der Waals surface area contributed by atoms with Gasteiger partial charge in [-0.05, 0) is 32.8 Å². The molecule has 0 aliphatic rings. The second kappa shape index (κ2) is 6.23. The number of aryl methyl sites for hydroxylation is 2. The van der Waals surface area contributed by atoms with E-state index in [0.29, 0.717) is 12.1 Å². The molecule has 1 aromatic carbocycles. The van der Waals surface area contributed by atoms with Crippen molar-refractivity contribution < 1.29 is 0 Å². The van der Waals surface area contributed by atoms with Gasteiger partial charge in [-0.1, -0.05) is 36.8 Å². The lowest BCUT2D eigenvalue weighted by atomic mass is 10.0. The second-order valence-electron chi connectivity index (χ2n) is 5.57. The highest BCUT2D eigenvalue weighted by Crippen LogP contribution is 2.23. The van der Waals surface area contributed by atoms with E-state index in [1.807, 2.05) is 17.9 Å². The van der Waals surface area contributed by atoms with Crippen molar-refractivity contribution in [3.8, 4) is 0 Å². The number of nitrogens with zero attached hydrogens (tertiary/aromatic N) is 2. The van der Waals surface area contributed by atoms with Crippen LogP contribution in [0.4, 0.5) is 0 Å². The second-order valence-corrected chi connectivity index (χ2v) is 5.57. The van der Waals surface area contributed by atoms with Crippen LogP contribution in [0.2, 0.25) is 0 Å². The van der Waals surface area contributed by atoms with Gasteiger partial charge in [0.1, 0.15) is 0 Å². The van der Waals surface area contributed by atoms with E-state index in [1.54, 1.807) is 0 Å². The quantitative estimate of drug-likeness (QED) is 0.895. The summed E-state index contributed by atoms with van der Waals surface area (Å²) >= 11 is 0. The number of rotatable bonds is 5. The first-order valence-corrected chi connectivity index (χ1v) is 7.34. The molecule has 0 aliphatic carbocycles. The van der Waals surface area contributed by atoms with Crippen LogP contribution in [0.3, 0.4) is 0 Å². The summed E-state index contributed by atoms with van der Waals surface area (Å²) in [6.07, 6.45) is 3.04. The van der Waals surface area contributed by atoms with Crippen LogP contribution >= 0.6 is 0 Å².